The number of ether oxygens (including phenoxy) is 1. The van der Waals surface area contributed by atoms with Crippen LogP contribution in [0.2, 0.25) is 0 Å². The number of amides is 4. The lowest BCUT2D eigenvalue weighted by molar-refractivity contribution is -0.138. The van der Waals surface area contributed by atoms with Gasteiger partial charge in [-0.25, -0.2) is 0 Å². The first-order valence-electron chi connectivity index (χ1n) is 13.1. The Balaban J connectivity index is 1.47. The number of carbonyl (C=O) groups is 4. The molecule has 8 nitrogen and oxygen atoms in total. The van der Waals surface area contributed by atoms with Crippen molar-refractivity contribution >= 4 is 74.5 Å². The Hall–Kier alpha value is -3.14. The molecule has 0 aromatic heterocycles. The van der Waals surface area contributed by atoms with E-state index < -0.39 is 45.2 Å². The van der Waals surface area contributed by atoms with Crippen molar-refractivity contribution in [3.63, 3.8) is 0 Å². The predicted molar refractivity (Wildman–Crippen MR) is 157 cm³/mol. The van der Waals surface area contributed by atoms with E-state index in [9.17, 15) is 24.3 Å². The van der Waals surface area contributed by atoms with Crippen molar-refractivity contribution in [1.29, 1.82) is 0 Å². The lowest BCUT2D eigenvalue weighted by Crippen LogP contribution is -2.60. The number of allylic oxidation sites excluding steroid dienone is 3. The van der Waals surface area contributed by atoms with Gasteiger partial charge in [0.15, 0.2) is 21.2 Å². The van der Waals surface area contributed by atoms with Crippen LogP contribution in [0.1, 0.15) is 18.4 Å². The van der Waals surface area contributed by atoms with Crippen molar-refractivity contribution in [2.24, 2.45) is 23.7 Å². The third-order valence-corrected chi connectivity index (χ3v) is 10.7. The lowest BCUT2D eigenvalue weighted by atomic mass is 9.57. The number of likely N-dealkylation sites (tertiary alicyclic amines) is 1. The molecule has 0 spiro atoms. The van der Waals surface area contributed by atoms with Gasteiger partial charge in [-0.1, -0.05) is 64.0 Å². The minimum Gasteiger partial charge on any atom is -0.504 e. The van der Waals surface area contributed by atoms with Crippen molar-refractivity contribution in [1.82, 2.24) is 4.90 Å². The molecule has 0 bridgehead atoms. The Kier molecular flexibility index (Phi) is 6.83. The fourth-order valence-corrected chi connectivity index (χ4v) is 8.22. The number of carbonyl (C=O) groups excluding carboxylic acids is 4. The molecule has 41 heavy (non-hydrogen) atoms. The molecule has 6 atom stereocenters. The fourth-order valence-electron chi connectivity index (χ4n) is 6.84. The number of hydrogen-bond donors (Lipinski definition) is 1. The molecule has 1 saturated carbocycles. The number of nitrogens with zero attached hydrogens (tertiary/aromatic N) is 2. The van der Waals surface area contributed by atoms with Crippen LogP contribution in [0.5, 0.6) is 11.5 Å². The third kappa shape index (κ3) is 3.85. The number of halogens is 3. The zero-order chi connectivity index (χ0) is 29.3. The molecule has 2 heterocycles. The standard InChI is InChI=1S/C30H25BrCl2N2O6/c1-41-23-13-16(8-12-22(23)36)7-11-21-18-9-10-19-24(26(38)35(25(19)37)17-5-3-2-4-6-17)20(18)14-29(32)27(39)34(15-31)28(40)30(21,29)33/h2-9,11-13,19-21,24,36H,10,14-15H2,1H3. The van der Waals surface area contributed by atoms with Crippen LogP contribution >= 0.6 is 39.1 Å². The molecule has 4 aliphatic rings. The van der Waals surface area contributed by atoms with Gasteiger partial charge in [-0.05, 0) is 48.6 Å². The van der Waals surface area contributed by atoms with Crippen LogP contribution in [0, 0.1) is 23.7 Å². The van der Waals surface area contributed by atoms with E-state index in [-0.39, 0.29) is 41.6 Å². The van der Waals surface area contributed by atoms with E-state index in [2.05, 4.69) is 15.9 Å². The molecular weight excluding hydrogens is 635 g/mol. The van der Waals surface area contributed by atoms with E-state index >= 15 is 0 Å². The van der Waals surface area contributed by atoms with Crippen LogP contribution in [0.25, 0.3) is 6.08 Å². The van der Waals surface area contributed by atoms with Crippen LogP contribution in [0.3, 0.4) is 0 Å². The van der Waals surface area contributed by atoms with Crippen molar-refractivity contribution in [3.8, 4) is 11.5 Å². The normalized spacial score (nSPS) is 32.7. The molecule has 2 aromatic rings. The van der Waals surface area contributed by atoms with Crippen molar-refractivity contribution in [3.05, 3.63) is 71.8 Å². The van der Waals surface area contributed by atoms with Crippen LogP contribution in [-0.4, -0.2) is 55.9 Å². The Morgan fingerprint density at radius 2 is 1.78 bits per heavy atom. The Bertz CT molecular complexity index is 1550. The topological polar surface area (TPSA) is 104 Å². The molecule has 6 unspecified atom stereocenters. The number of phenolic OH excluding ortho intramolecular Hbond substituents is 1. The molecule has 1 N–H and O–H groups in total. The molecule has 0 radical (unpaired) electrons. The minimum absolute atomic E-state index is 0.0334. The van der Waals surface area contributed by atoms with Gasteiger partial charge in [0.05, 0.1) is 30.1 Å². The molecule has 11 heteroatoms. The Labute approximate surface area is 254 Å². The summed E-state index contributed by atoms with van der Waals surface area (Å²) in [6.45, 7) is 0. The molecule has 2 saturated heterocycles. The van der Waals surface area contributed by atoms with E-state index in [0.29, 0.717) is 16.8 Å². The summed E-state index contributed by atoms with van der Waals surface area (Å²) in [4.78, 5) is 53.3. The smallest absolute Gasteiger partial charge is 0.254 e. The van der Waals surface area contributed by atoms with Crippen LogP contribution in [0.15, 0.2) is 66.3 Å². The second-order valence-electron chi connectivity index (χ2n) is 10.7. The quantitative estimate of drug-likeness (QED) is 0.213. The highest BCUT2D eigenvalue weighted by Gasteiger charge is 2.75. The summed E-state index contributed by atoms with van der Waals surface area (Å²) in [7, 11) is 1.43. The highest BCUT2D eigenvalue weighted by molar-refractivity contribution is 9.09. The number of methoxy groups -OCH3 is 1. The van der Waals surface area contributed by atoms with Crippen LogP contribution in [0.4, 0.5) is 5.69 Å². The van der Waals surface area contributed by atoms with Gasteiger partial charge in [0.2, 0.25) is 11.8 Å². The summed E-state index contributed by atoms with van der Waals surface area (Å²) < 4.78 is 5.22. The van der Waals surface area contributed by atoms with Gasteiger partial charge < -0.3 is 9.84 Å². The van der Waals surface area contributed by atoms with Crippen molar-refractivity contribution < 1.29 is 29.0 Å². The average Bonchev–Trinajstić information content (AvgIpc) is 3.31. The zero-order valence-corrected chi connectivity index (χ0v) is 24.9. The van der Waals surface area contributed by atoms with Gasteiger partial charge >= 0.3 is 0 Å². The Morgan fingerprint density at radius 3 is 2.46 bits per heavy atom. The molecule has 212 valence electrons. The number of fused-ring (bicyclic) bond motifs is 4. The van der Waals surface area contributed by atoms with Crippen LogP contribution in [-0.2, 0) is 19.2 Å². The first kappa shape index (κ1) is 28.0. The maximum Gasteiger partial charge on any atom is 0.254 e. The van der Waals surface area contributed by atoms with Gasteiger partial charge in [0.1, 0.15) is 0 Å². The number of imide groups is 2. The molecule has 4 amide bonds. The second kappa shape index (κ2) is 10.00. The highest BCUT2D eigenvalue weighted by atomic mass is 79.9. The Morgan fingerprint density at radius 1 is 1.05 bits per heavy atom. The molecule has 2 aliphatic carbocycles. The molecule has 3 fully saturated rings. The van der Waals surface area contributed by atoms with E-state index in [4.69, 9.17) is 27.9 Å². The van der Waals surface area contributed by atoms with E-state index in [1.165, 1.54) is 18.1 Å². The van der Waals surface area contributed by atoms with E-state index in [0.717, 1.165) is 4.90 Å². The van der Waals surface area contributed by atoms with Crippen molar-refractivity contribution in [2.45, 2.75) is 22.6 Å². The number of hydrogen-bond acceptors (Lipinski definition) is 6. The summed E-state index contributed by atoms with van der Waals surface area (Å²) >= 11 is 17.6. The lowest BCUT2D eigenvalue weighted by Gasteiger charge is -2.49. The summed E-state index contributed by atoms with van der Waals surface area (Å²) in [5, 5.41) is 10.0. The fraction of sp³-hybridized carbons (Fsp3) is 0.333. The zero-order valence-electron chi connectivity index (χ0n) is 21.8. The second-order valence-corrected chi connectivity index (χ2v) is 12.4. The molecular formula is C30H25BrCl2N2O6. The monoisotopic (exact) mass is 658 g/mol. The highest BCUT2D eigenvalue weighted by Crippen LogP contribution is 2.63. The minimum atomic E-state index is -1.86. The number of aromatic hydroxyl groups is 1. The predicted octanol–water partition coefficient (Wildman–Crippen LogP) is 4.86. The molecule has 6 rings (SSSR count). The maximum atomic E-state index is 13.9. The number of para-hydroxylation sites is 1. The molecule has 2 aromatic carbocycles. The number of anilines is 1. The third-order valence-electron chi connectivity index (χ3n) is 8.77. The molecule has 2 aliphatic heterocycles. The van der Waals surface area contributed by atoms with E-state index in [1.54, 1.807) is 54.6 Å². The van der Waals surface area contributed by atoms with E-state index in [1.807, 2.05) is 6.08 Å². The maximum absolute atomic E-state index is 13.9. The van der Waals surface area contributed by atoms with Gasteiger partial charge in [-0.3, -0.25) is 29.0 Å². The van der Waals surface area contributed by atoms with Gasteiger partial charge in [-0.15, -0.1) is 23.2 Å². The van der Waals surface area contributed by atoms with Gasteiger partial charge in [0, 0.05) is 5.92 Å². The summed E-state index contributed by atoms with van der Waals surface area (Å²) in [6.07, 6.45) is 5.53. The number of benzene rings is 2. The first-order chi connectivity index (χ1) is 19.6. The van der Waals surface area contributed by atoms with Gasteiger partial charge in [0.25, 0.3) is 11.8 Å². The summed E-state index contributed by atoms with van der Waals surface area (Å²) in [5.41, 5.74) is 1.74. The average molecular weight is 660 g/mol. The number of rotatable bonds is 5. The SMILES string of the molecule is COc1cc(C=CC2C3=CCC4C(=O)N(c5ccccc5)C(=O)C4C3CC3(Cl)C(=O)N(CBr)C(=O)C23Cl)ccc1O. The van der Waals surface area contributed by atoms with Crippen molar-refractivity contribution in [2.75, 3.05) is 17.5 Å². The summed E-state index contributed by atoms with van der Waals surface area (Å²) in [5.74, 6) is -4.54. The summed E-state index contributed by atoms with van der Waals surface area (Å²) in [6, 6.07) is 13.5. The largest absolute Gasteiger partial charge is 0.504 e. The number of alkyl halides is 3. The number of phenols is 1. The first-order valence-corrected chi connectivity index (χ1v) is 14.9. The van der Waals surface area contributed by atoms with Gasteiger partial charge in [-0.2, -0.15) is 0 Å². The van der Waals surface area contributed by atoms with Crippen LogP contribution < -0.4 is 9.64 Å².